The summed E-state index contributed by atoms with van der Waals surface area (Å²) < 4.78 is 0. The first kappa shape index (κ1) is 21.6. The number of likely N-dealkylation sites (tertiary alicyclic amines) is 1. The quantitative estimate of drug-likeness (QED) is 0.887. The van der Waals surface area contributed by atoms with Crippen molar-refractivity contribution in [3.8, 4) is 0 Å². The molecular formula is C15H27Cl2N3OS. The van der Waals surface area contributed by atoms with Crippen molar-refractivity contribution in [3.05, 3.63) is 15.6 Å². The Labute approximate surface area is 149 Å². The molecule has 0 spiro atoms. The van der Waals surface area contributed by atoms with E-state index in [1.54, 1.807) is 0 Å². The van der Waals surface area contributed by atoms with Gasteiger partial charge in [-0.15, -0.1) is 36.2 Å². The third-order valence-corrected chi connectivity index (χ3v) is 4.86. The highest BCUT2D eigenvalue weighted by Gasteiger charge is 2.34. The first-order chi connectivity index (χ1) is 9.42. The molecule has 1 aromatic heterocycles. The predicted octanol–water partition coefficient (Wildman–Crippen LogP) is 3.30. The monoisotopic (exact) mass is 367 g/mol. The summed E-state index contributed by atoms with van der Waals surface area (Å²) in [5, 5.41) is 0.978. The second-order valence-corrected chi connectivity index (χ2v) is 7.45. The standard InChI is InChI=1S/C15H25N3OS.2ClH/c1-9(2)5-13-14(20-11(4)17-13)15(19)18-8-12(7-16)6-10(18)3;;/h9-10,12H,5-8,16H2,1-4H3;2*1H. The summed E-state index contributed by atoms with van der Waals surface area (Å²) in [6.07, 6.45) is 1.88. The fourth-order valence-electron chi connectivity index (χ4n) is 2.89. The lowest BCUT2D eigenvalue weighted by atomic mass is 10.1. The maximum absolute atomic E-state index is 12.8. The van der Waals surface area contributed by atoms with Gasteiger partial charge in [0.05, 0.1) is 10.7 Å². The number of carbonyl (C=O) groups is 1. The molecule has 4 nitrogen and oxygen atoms in total. The minimum Gasteiger partial charge on any atom is -0.335 e. The minimum atomic E-state index is 0. The smallest absolute Gasteiger partial charge is 0.266 e. The van der Waals surface area contributed by atoms with Crippen LogP contribution in [0.25, 0.3) is 0 Å². The van der Waals surface area contributed by atoms with E-state index in [0.29, 0.717) is 18.4 Å². The Hall–Kier alpha value is -0.360. The first-order valence-corrected chi connectivity index (χ1v) is 8.21. The summed E-state index contributed by atoms with van der Waals surface area (Å²) >= 11 is 1.53. The Morgan fingerprint density at radius 1 is 1.45 bits per heavy atom. The van der Waals surface area contributed by atoms with E-state index in [4.69, 9.17) is 5.73 Å². The summed E-state index contributed by atoms with van der Waals surface area (Å²) in [5.41, 5.74) is 6.72. The van der Waals surface area contributed by atoms with Crippen LogP contribution >= 0.6 is 36.2 Å². The lowest BCUT2D eigenvalue weighted by molar-refractivity contribution is 0.0747. The molecule has 2 rings (SSSR count). The molecular weight excluding hydrogens is 341 g/mol. The molecule has 0 aromatic carbocycles. The molecule has 0 radical (unpaired) electrons. The largest absolute Gasteiger partial charge is 0.335 e. The molecule has 1 aliphatic rings. The fourth-order valence-corrected chi connectivity index (χ4v) is 3.79. The number of nitrogens with zero attached hydrogens (tertiary/aromatic N) is 2. The molecule has 1 aromatic rings. The van der Waals surface area contributed by atoms with E-state index in [2.05, 4.69) is 25.8 Å². The molecule has 1 amide bonds. The van der Waals surface area contributed by atoms with E-state index in [1.807, 2.05) is 11.8 Å². The number of carbonyl (C=O) groups excluding carboxylic acids is 1. The highest BCUT2D eigenvalue weighted by atomic mass is 35.5. The molecule has 22 heavy (non-hydrogen) atoms. The topological polar surface area (TPSA) is 59.2 Å². The van der Waals surface area contributed by atoms with Crippen LogP contribution in [0.3, 0.4) is 0 Å². The van der Waals surface area contributed by atoms with Crippen molar-refractivity contribution in [2.45, 2.75) is 46.6 Å². The number of amides is 1. The van der Waals surface area contributed by atoms with Gasteiger partial charge in [0.2, 0.25) is 0 Å². The Kier molecular flexibility index (Phi) is 8.91. The predicted molar refractivity (Wildman–Crippen MR) is 97.5 cm³/mol. The van der Waals surface area contributed by atoms with Crippen LogP contribution in [0.4, 0.5) is 0 Å². The van der Waals surface area contributed by atoms with Crippen molar-refractivity contribution in [1.29, 1.82) is 0 Å². The first-order valence-electron chi connectivity index (χ1n) is 7.39. The van der Waals surface area contributed by atoms with Gasteiger partial charge in [-0.1, -0.05) is 13.8 Å². The highest BCUT2D eigenvalue weighted by Crippen LogP contribution is 2.28. The molecule has 7 heteroatoms. The SMILES string of the molecule is Cc1nc(CC(C)C)c(C(=O)N2CC(CN)CC2C)s1.Cl.Cl. The van der Waals surface area contributed by atoms with Gasteiger partial charge in [0.1, 0.15) is 4.88 Å². The van der Waals surface area contributed by atoms with Gasteiger partial charge in [-0.3, -0.25) is 4.79 Å². The van der Waals surface area contributed by atoms with Crippen LogP contribution in [0.2, 0.25) is 0 Å². The van der Waals surface area contributed by atoms with Gasteiger partial charge in [0, 0.05) is 12.6 Å². The Morgan fingerprint density at radius 2 is 2.09 bits per heavy atom. The summed E-state index contributed by atoms with van der Waals surface area (Å²) in [4.78, 5) is 20.2. The van der Waals surface area contributed by atoms with Gasteiger partial charge in [-0.05, 0) is 45.1 Å². The van der Waals surface area contributed by atoms with E-state index >= 15 is 0 Å². The molecule has 2 heterocycles. The van der Waals surface area contributed by atoms with E-state index < -0.39 is 0 Å². The zero-order chi connectivity index (χ0) is 14.9. The van der Waals surface area contributed by atoms with Crippen LogP contribution in [0, 0.1) is 18.8 Å². The average Bonchev–Trinajstić information content (AvgIpc) is 2.91. The summed E-state index contributed by atoms with van der Waals surface area (Å²) in [7, 11) is 0. The molecule has 2 atom stereocenters. The van der Waals surface area contributed by atoms with Gasteiger partial charge in [0.25, 0.3) is 5.91 Å². The lowest BCUT2D eigenvalue weighted by Gasteiger charge is -2.21. The van der Waals surface area contributed by atoms with Crippen molar-refractivity contribution < 1.29 is 4.79 Å². The lowest BCUT2D eigenvalue weighted by Crippen LogP contribution is -2.34. The minimum absolute atomic E-state index is 0. The normalized spacial score (nSPS) is 20.7. The summed E-state index contributed by atoms with van der Waals surface area (Å²) in [6.45, 7) is 9.85. The van der Waals surface area contributed by atoms with Gasteiger partial charge in [-0.2, -0.15) is 0 Å². The molecule has 0 aliphatic carbocycles. The fraction of sp³-hybridized carbons (Fsp3) is 0.733. The van der Waals surface area contributed by atoms with Gasteiger partial charge in [-0.25, -0.2) is 4.98 Å². The zero-order valence-electron chi connectivity index (χ0n) is 13.7. The van der Waals surface area contributed by atoms with E-state index in [-0.39, 0.29) is 36.8 Å². The number of rotatable bonds is 4. The Bertz CT molecular complexity index is 493. The third kappa shape index (κ3) is 4.82. The van der Waals surface area contributed by atoms with Crippen molar-refractivity contribution in [1.82, 2.24) is 9.88 Å². The molecule has 1 saturated heterocycles. The molecule has 0 bridgehead atoms. The maximum atomic E-state index is 12.8. The summed E-state index contributed by atoms with van der Waals surface area (Å²) in [6, 6.07) is 0.283. The van der Waals surface area contributed by atoms with Crippen LogP contribution < -0.4 is 5.73 Å². The Morgan fingerprint density at radius 3 is 2.59 bits per heavy atom. The van der Waals surface area contributed by atoms with Crippen LogP contribution in [-0.2, 0) is 6.42 Å². The van der Waals surface area contributed by atoms with Crippen molar-refractivity contribution in [3.63, 3.8) is 0 Å². The number of halogens is 2. The molecule has 128 valence electrons. The van der Waals surface area contributed by atoms with E-state index in [0.717, 1.165) is 35.0 Å². The number of nitrogens with two attached hydrogens (primary N) is 1. The number of thiazole rings is 1. The number of aromatic nitrogens is 1. The second kappa shape index (κ2) is 9.06. The van der Waals surface area contributed by atoms with E-state index in [9.17, 15) is 4.79 Å². The Balaban J connectivity index is 0.00000220. The third-order valence-electron chi connectivity index (χ3n) is 3.86. The van der Waals surface area contributed by atoms with Crippen LogP contribution in [0.1, 0.15) is 47.6 Å². The number of aryl methyl sites for hydroxylation is 1. The van der Waals surface area contributed by atoms with Crippen molar-refractivity contribution in [2.75, 3.05) is 13.1 Å². The van der Waals surface area contributed by atoms with Crippen molar-refractivity contribution >= 4 is 42.1 Å². The maximum Gasteiger partial charge on any atom is 0.266 e. The van der Waals surface area contributed by atoms with Gasteiger partial charge in [0.15, 0.2) is 0 Å². The highest BCUT2D eigenvalue weighted by molar-refractivity contribution is 7.13. The van der Waals surface area contributed by atoms with Crippen LogP contribution in [-0.4, -0.2) is 34.9 Å². The second-order valence-electron chi connectivity index (χ2n) is 6.25. The van der Waals surface area contributed by atoms with Crippen molar-refractivity contribution in [2.24, 2.45) is 17.6 Å². The molecule has 1 aliphatic heterocycles. The van der Waals surface area contributed by atoms with Crippen LogP contribution in [0.5, 0.6) is 0 Å². The zero-order valence-corrected chi connectivity index (χ0v) is 16.1. The molecule has 1 fully saturated rings. The molecule has 2 unspecified atom stereocenters. The molecule has 0 saturated carbocycles. The van der Waals surface area contributed by atoms with E-state index in [1.165, 1.54) is 11.3 Å². The number of hydrogen-bond acceptors (Lipinski definition) is 4. The number of hydrogen-bond donors (Lipinski definition) is 1. The van der Waals surface area contributed by atoms with Gasteiger partial charge >= 0.3 is 0 Å². The summed E-state index contributed by atoms with van der Waals surface area (Å²) in [5.74, 6) is 1.10. The average molecular weight is 368 g/mol. The van der Waals surface area contributed by atoms with Crippen LogP contribution in [0.15, 0.2) is 0 Å². The molecule has 2 N–H and O–H groups in total. The van der Waals surface area contributed by atoms with Gasteiger partial charge < -0.3 is 10.6 Å².